The van der Waals surface area contributed by atoms with Gasteiger partial charge in [-0.15, -0.1) is 11.6 Å². The molecule has 0 amide bonds. The van der Waals surface area contributed by atoms with Crippen LogP contribution in [0.3, 0.4) is 0 Å². The van der Waals surface area contributed by atoms with Gasteiger partial charge in [-0.2, -0.15) is 0 Å². The van der Waals surface area contributed by atoms with Crippen molar-refractivity contribution in [1.82, 2.24) is 4.90 Å². The minimum atomic E-state index is 0.0345. The Hall–Kier alpha value is -0.240. The number of nitrogens with zero attached hydrogens (tertiary/aromatic N) is 1. The fraction of sp³-hybridized carbons (Fsp3) is 0.400. The summed E-state index contributed by atoms with van der Waals surface area (Å²) in [5.74, 6) is 0. The zero-order valence-corrected chi connectivity index (χ0v) is 9.31. The fourth-order valence-corrected chi connectivity index (χ4v) is 1.65. The van der Waals surface area contributed by atoms with Crippen LogP contribution in [0.5, 0.6) is 0 Å². The number of likely N-dealkylation sites (N-methyl/N-ethyl adjacent to an activating group) is 1. The van der Waals surface area contributed by atoms with Gasteiger partial charge in [0.15, 0.2) is 0 Å². The van der Waals surface area contributed by atoms with Crippen molar-refractivity contribution in [3.8, 4) is 0 Å². The molecule has 1 unspecified atom stereocenters. The van der Waals surface area contributed by atoms with Crippen molar-refractivity contribution in [3.63, 3.8) is 0 Å². The van der Waals surface area contributed by atoms with Crippen LogP contribution in [0, 0.1) is 0 Å². The van der Waals surface area contributed by atoms with Crippen LogP contribution in [0.2, 0.25) is 5.02 Å². The molecule has 1 nitrogen and oxygen atoms in total. The first-order valence-corrected chi connectivity index (χ1v) is 4.95. The Kier molecular flexibility index (Phi) is 4.04. The summed E-state index contributed by atoms with van der Waals surface area (Å²) in [4.78, 5) is 2.06. The molecule has 13 heavy (non-hydrogen) atoms. The minimum Gasteiger partial charge on any atom is -0.308 e. The van der Waals surface area contributed by atoms with Gasteiger partial charge in [0.1, 0.15) is 0 Å². The lowest BCUT2D eigenvalue weighted by molar-refractivity contribution is 0.408. The standard InChI is InChI=1S/C10H13Cl2N/c1-13(2)7-10(12)8-3-5-9(11)6-4-8/h3-6,10H,7H2,1-2H3. The molecule has 3 heteroatoms. The first kappa shape index (κ1) is 10.8. The van der Waals surface area contributed by atoms with Gasteiger partial charge in [0.05, 0.1) is 5.38 Å². The summed E-state index contributed by atoms with van der Waals surface area (Å²) < 4.78 is 0. The molecule has 0 aromatic heterocycles. The average Bonchev–Trinajstić information content (AvgIpc) is 2.04. The van der Waals surface area contributed by atoms with Crippen molar-refractivity contribution >= 4 is 23.2 Å². The molecule has 1 aromatic rings. The quantitative estimate of drug-likeness (QED) is 0.704. The summed E-state index contributed by atoms with van der Waals surface area (Å²) in [5.41, 5.74) is 1.11. The lowest BCUT2D eigenvalue weighted by Crippen LogP contribution is -2.17. The van der Waals surface area contributed by atoms with E-state index in [0.717, 1.165) is 17.1 Å². The van der Waals surface area contributed by atoms with Gasteiger partial charge in [-0.05, 0) is 31.8 Å². The zero-order valence-electron chi connectivity index (χ0n) is 7.80. The van der Waals surface area contributed by atoms with Crippen molar-refractivity contribution in [3.05, 3.63) is 34.9 Å². The molecule has 0 heterocycles. The molecule has 0 saturated heterocycles. The summed E-state index contributed by atoms with van der Waals surface area (Å²) in [6, 6.07) is 7.65. The van der Waals surface area contributed by atoms with Gasteiger partial charge < -0.3 is 4.90 Å². The molecule has 1 aromatic carbocycles. The fourth-order valence-electron chi connectivity index (χ4n) is 1.10. The predicted octanol–water partition coefficient (Wildman–Crippen LogP) is 3.18. The Labute approximate surface area is 89.3 Å². The lowest BCUT2D eigenvalue weighted by Gasteiger charge is -2.15. The Balaban J connectivity index is 2.66. The molecule has 0 radical (unpaired) electrons. The molecule has 0 bridgehead atoms. The van der Waals surface area contributed by atoms with E-state index in [2.05, 4.69) is 4.90 Å². The van der Waals surface area contributed by atoms with Crippen LogP contribution in [-0.2, 0) is 0 Å². The van der Waals surface area contributed by atoms with Crippen molar-refractivity contribution in [2.45, 2.75) is 5.38 Å². The van der Waals surface area contributed by atoms with E-state index in [9.17, 15) is 0 Å². The maximum Gasteiger partial charge on any atom is 0.0712 e. The van der Waals surface area contributed by atoms with Gasteiger partial charge in [-0.1, -0.05) is 23.7 Å². The van der Waals surface area contributed by atoms with Crippen LogP contribution in [0.25, 0.3) is 0 Å². The molecule has 1 rings (SSSR count). The lowest BCUT2D eigenvalue weighted by atomic mass is 10.1. The van der Waals surface area contributed by atoms with E-state index in [-0.39, 0.29) is 5.38 Å². The van der Waals surface area contributed by atoms with Crippen LogP contribution in [0.1, 0.15) is 10.9 Å². The van der Waals surface area contributed by atoms with E-state index >= 15 is 0 Å². The van der Waals surface area contributed by atoms with Gasteiger partial charge in [-0.3, -0.25) is 0 Å². The number of hydrogen-bond acceptors (Lipinski definition) is 1. The molecule has 0 fully saturated rings. The van der Waals surface area contributed by atoms with E-state index in [1.165, 1.54) is 0 Å². The molecule has 72 valence electrons. The van der Waals surface area contributed by atoms with Gasteiger partial charge in [-0.25, -0.2) is 0 Å². The number of rotatable bonds is 3. The molecule has 0 aliphatic heterocycles. The second-order valence-corrected chi connectivity index (χ2v) is 4.24. The topological polar surface area (TPSA) is 3.24 Å². The smallest absolute Gasteiger partial charge is 0.0712 e. The Morgan fingerprint density at radius 2 is 1.77 bits per heavy atom. The summed E-state index contributed by atoms with van der Waals surface area (Å²) >= 11 is 11.9. The van der Waals surface area contributed by atoms with Crippen LogP contribution in [0.15, 0.2) is 24.3 Å². The molecule has 0 N–H and O–H groups in total. The van der Waals surface area contributed by atoms with Gasteiger partial charge in [0, 0.05) is 11.6 Å². The predicted molar refractivity (Wildman–Crippen MR) is 58.6 cm³/mol. The van der Waals surface area contributed by atoms with E-state index in [0.29, 0.717) is 0 Å². The summed E-state index contributed by atoms with van der Waals surface area (Å²) in [6.45, 7) is 0.836. The zero-order chi connectivity index (χ0) is 9.84. The second-order valence-electron chi connectivity index (χ2n) is 3.28. The van der Waals surface area contributed by atoms with Gasteiger partial charge >= 0.3 is 0 Å². The van der Waals surface area contributed by atoms with Crippen LogP contribution in [-0.4, -0.2) is 25.5 Å². The maximum absolute atomic E-state index is 6.17. The highest BCUT2D eigenvalue weighted by atomic mass is 35.5. The number of benzene rings is 1. The maximum atomic E-state index is 6.17. The van der Waals surface area contributed by atoms with Crippen molar-refractivity contribution in [2.75, 3.05) is 20.6 Å². The van der Waals surface area contributed by atoms with Gasteiger partial charge in [0.2, 0.25) is 0 Å². The molecular weight excluding hydrogens is 205 g/mol. The second kappa shape index (κ2) is 4.85. The van der Waals surface area contributed by atoms with Crippen molar-refractivity contribution in [2.24, 2.45) is 0 Å². The normalized spacial score (nSPS) is 13.3. The minimum absolute atomic E-state index is 0.0345. The SMILES string of the molecule is CN(C)CC(Cl)c1ccc(Cl)cc1. The van der Waals surface area contributed by atoms with E-state index < -0.39 is 0 Å². The molecule has 0 saturated carbocycles. The number of hydrogen-bond donors (Lipinski definition) is 0. The molecule has 0 aliphatic rings. The Morgan fingerprint density at radius 3 is 2.23 bits per heavy atom. The van der Waals surface area contributed by atoms with Crippen LogP contribution in [0.4, 0.5) is 0 Å². The van der Waals surface area contributed by atoms with E-state index in [1.54, 1.807) is 0 Å². The third kappa shape index (κ3) is 3.55. The first-order chi connectivity index (χ1) is 6.09. The summed E-state index contributed by atoms with van der Waals surface area (Å²) in [7, 11) is 4.01. The third-order valence-corrected chi connectivity index (χ3v) is 2.40. The molecule has 1 atom stereocenters. The molecule has 0 aliphatic carbocycles. The van der Waals surface area contributed by atoms with E-state index in [4.69, 9.17) is 23.2 Å². The van der Waals surface area contributed by atoms with Crippen molar-refractivity contribution < 1.29 is 0 Å². The monoisotopic (exact) mass is 217 g/mol. The molecule has 0 spiro atoms. The molecular formula is C10H13Cl2N. The highest BCUT2D eigenvalue weighted by Gasteiger charge is 2.07. The number of alkyl halides is 1. The van der Waals surface area contributed by atoms with Crippen LogP contribution >= 0.6 is 23.2 Å². The average molecular weight is 218 g/mol. The summed E-state index contributed by atoms with van der Waals surface area (Å²) in [6.07, 6.45) is 0. The van der Waals surface area contributed by atoms with Crippen molar-refractivity contribution in [1.29, 1.82) is 0 Å². The van der Waals surface area contributed by atoms with Gasteiger partial charge in [0.25, 0.3) is 0 Å². The Bertz CT molecular complexity index is 256. The summed E-state index contributed by atoms with van der Waals surface area (Å²) in [5, 5.41) is 0.782. The first-order valence-electron chi connectivity index (χ1n) is 4.14. The highest BCUT2D eigenvalue weighted by molar-refractivity contribution is 6.30. The third-order valence-electron chi connectivity index (χ3n) is 1.76. The van der Waals surface area contributed by atoms with E-state index in [1.807, 2.05) is 38.4 Å². The Morgan fingerprint density at radius 1 is 1.23 bits per heavy atom. The van der Waals surface area contributed by atoms with Crippen LogP contribution < -0.4 is 0 Å². The highest BCUT2D eigenvalue weighted by Crippen LogP contribution is 2.22. The number of halogens is 2. The largest absolute Gasteiger partial charge is 0.308 e.